The Hall–Kier alpha value is -1.69. The SMILES string of the molecule is CC1OCCC1(C)Nc1ccncc1[N+](=O)[O-]. The van der Waals surface area contributed by atoms with E-state index < -0.39 is 4.92 Å². The Morgan fingerprint density at radius 2 is 2.47 bits per heavy atom. The van der Waals surface area contributed by atoms with E-state index in [4.69, 9.17) is 4.74 Å². The number of aromatic nitrogens is 1. The van der Waals surface area contributed by atoms with Crippen LogP contribution in [-0.4, -0.2) is 28.2 Å². The number of nitrogens with one attached hydrogen (secondary N) is 1. The highest BCUT2D eigenvalue weighted by molar-refractivity contribution is 5.61. The molecule has 0 radical (unpaired) electrons. The minimum atomic E-state index is -0.431. The van der Waals surface area contributed by atoms with Crippen molar-refractivity contribution in [1.82, 2.24) is 4.98 Å². The van der Waals surface area contributed by atoms with Crippen LogP contribution in [0.15, 0.2) is 18.5 Å². The van der Waals surface area contributed by atoms with Crippen LogP contribution in [0.2, 0.25) is 0 Å². The molecule has 1 N–H and O–H groups in total. The summed E-state index contributed by atoms with van der Waals surface area (Å²) >= 11 is 0. The number of nitrogens with zero attached hydrogens (tertiary/aromatic N) is 2. The van der Waals surface area contributed by atoms with E-state index in [1.807, 2.05) is 13.8 Å². The largest absolute Gasteiger partial charge is 0.376 e. The molecule has 1 fully saturated rings. The van der Waals surface area contributed by atoms with Crippen molar-refractivity contribution in [3.63, 3.8) is 0 Å². The molecular weight excluding hydrogens is 222 g/mol. The fraction of sp³-hybridized carbons (Fsp3) is 0.545. The fourth-order valence-electron chi connectivity index (χ4n) is 1.94. The zero-order chi connectivity index (χ0) is 12.5. The van der Waals surface area contributed by atoms with Gasteiger partial charge in [-0.15, -0.1) is 0 Å². The molecule has 1 aliphatic heterocycles. The summed E-state index contributed by atoms with van der Waals surface area (Å²) in [5.74, 6) is 0. The molecule has 6 heteroatoms. The van der Waals surface area contributed by atoms with E-state index in [2.05, 4.69) is 10.3 Å². The van der Waals surface area contributed by atoms with Gasteiger partial charge in [-0.2, -0.15) is 0 Å². The maximum Gasteiger partial charge on any atom is 0.310 e. The van der Waals surface area contributed by atoms with Crippen LogP contribution in [0.4, 0.5) is 11.4 Å². The van der Waals surface area contributed by atoms with Crippen molar-refractivity contribution in [3.05, 3.63) is 28.6 Å². The summed E-state index contributed by atoms with van der Waals surface area (Å²) in [7, 11) is 0. The van der Waals surface area contributed by atoms with Crippen LogP contribution in [-0.2, 0) is 4.74 Å². The topological polar surface area (TPSA) is 77.3 Å². The molecule has 6 nitrogen and oxygen atoms in total. The number of rotatable bonds is 3. The lowest BCUT2D eigenvalue weighted by Crippen LogP contribution is -2.41. The van der Waals surface area contributed by atoms with E-state index in [1.165, 1.54) is 6.20 Å². The number of hydrogen-bond acceptors (Lipinski definition) is 5. The minimum absolute atomic E-state index is 0.00664. The molecule has 0 amide bonds. The van der Waals surface area contributed by atoms with Crippen molar-refractivity contribution in [3.8, 4) is 0 Å². The standard InChI is InChI=1S/C11H15N3O3/c1-8-11(2,4-6-17-8)13-9-3-5-12-7-10(9)14(15)16/h3,5,7-8H,4,6H2,1-2H3,(H,12,13). The third-order valence-corrected chi connectivity index (χ3v) is 3.30. The van der Waals surface area contributed by atoms with Gasteiger partial charge in [0.15, 0.2) is 0 Å². The van der Waals surface area contributed by atoms with Crippen molar-refractivity contribution in [2.75, 3.05) is 11.9 Å². The van der Waals surface area contributed by atoms with Gasteiger partial charge in [0.25, 0.3) is 0 Å². The summed E-state index contributed by atoms with van der Waals surface area (Å²) in [6, 6.07) is 1.62. The highest BCUT2D eigenvalue weighted by atomic mass is 16.6. The maximum absolute atomic E-state index is 10.9. The molecule has 92 valence electrons. The molecular formula is C11H15N3O3. The van der Waals surface area contributed by atoms with Crippen molar-refractivity contribution >= 4 is 11.4 Å². The van der Waals surface area contributed by atoms with E-state index in [0.29, 0.717) is 12.3 Å². The highest BCUT2D eigenvalue weighted by Crippen LogP contribution is 2.32. The van der Waals surface area contributed by atoms with Gasteiger partial charge in [0, 0.05) is 12.8 Å². The molecule has 2 unspecified atom stereocenters. The van der Waals surface area contributed by atoms with Gasteiger partial charge >= 0.3 is 5.69 Å². The number of nitro groups is 1. The first-order valence-corrected chi connectivity index (χ1v) is 5.51. The van der Waals surface area contributed by atoms with E-state index in [9.17, 15) is 10.1 Å². The van der Waals surface area contributed by atoms with Crippen LogP contribution >= 0.6 is 0 Å². The van der Waals surface area contributed by atoms with Crippen LogP contribution in [0, 0.1) is 10.1 Å². The summed E-state index contributed by atoms with van der Waals surface area (Å²) in [5, 5.41) is 14.1. The lowest BCUT2D eigenvalue weighted by molar-refractivity contribution is -0.384. The van der Waals surface area contributed by atoms with Crippen molar-refractivity contribution in [2.45, 2.75) is 31.9 Å². The van der Waals surface area contributed by atoms with Gasteiger partial charge in [-0.25, -0.2) is 0 Å². The van der Waals surface area contributed by atoms with Gasteiger partial charge in [0.1, 0.15) is 11.9 Å². The number of anilines is 1. The Labute approximate surface area is 99.2 Å². The zero-order valence-electron chi connectivity index (χ0n) is 9.84. The molecule has 1 aromatic rings. The van der Waals surface area contributed by atoms with Crippen LogP contribution < -0.4 is 5.32 Å². The maximum atomic E-state index is 10.9. The van der Waals surface area contributed by atoms with Gasteiger partial charge in [0.2, 0.25) is 0 Å². The molecule has 0 bridgehead atoms. The lowest BCUT2D eigenvalue weighted by Gasteiger charge is -2.29. The van der Waals surface area contributed by atoms with Crippen molar-refractivity contribution < 1.29 is 9.66 Å². The summed E-state index contributed by atoms with van der Waals surface area (Å²) in [4.78, 5) is 14.2. The molecule has 0 saturated carbocycles. The molecule has 2 heterocycles. The Bertz CT molecular complexity index is 438. The average Bonchev–Trinajstić information content (AvgIpc) is 2.59. The lowest BCUT2D eigenvalue weighted by atomic mass is 9.94. The molecule has 17 heavy (non-hydrogen) atoms. The van der Waals surface area contributed by atoms with Gasteiger partial charge < -0.3 is 10.1 Å². The van der Waals surface area contributed by atoms with Crippen LogP contribution in [0.5, 0.6) is 0 Å². The van der Waals surface area contributed by atoms with Gasteiger partial charge in [0.05, 0.1) is 16.6 Å². The Morgan fingerprint density at radius 1 is 1.71 bits per heavy atom. The Morgan fingerprint density at radius 3 is 3.06 bits per heavy atom. The van der Waals surface area contributed by atoms with E-state index in [1.54, 1.807) is 12.3 Å². The quantitative estimate of drug-likeness (QED) is 0.642. The predicted molar refractivity (Wildman–Crippen MR) is 63.0 cm³/mol. The second-order valence-electron chi connectivity index (χ2n) is 4.46. The Balaban J connectivity index is 2.27. The van der Waals surface area contributed by atoms with E-state index in [0.717, 1.165) is 6.42 Å². The second-order valence-corrected chi connectivity index (χ2v) is 4.46. The summed E-state index contributed by atoms with van der Waals surface area (Å²) < 4.78 is 5.49. The third kappa shape index (κ3) is 2.21. The predicted octanol–water partition coefficient (Wildman–Crippen LogP) is 1.97. The average molecular weight is 237 g/mol. The molecule has 1 aromatic heterocycles. The third-order valence-electron chi connectivity index (χ3n) is 3.30. The second kappa shape index (κ2) is 4.29. The molecule has 0 spiro atoms. The minimum Gasteiger partial charge on any atom is -0.376 e. The summed E-state index contributed by atoms with van der Waals surface area (Å²) in [6.07, 6.45) is 3.65. The van der Waals surface area contributed by atoms with Crippen molar-refractivity contribution in [1.29, 1.82) is 0 Å². The zero-order valence-corrected chi connectivity index (χ0v) is 9.84. The number of ether oxygens (including phenoxy) is 1. The van der Waals surface area contributed by atoms with Gasteiger partial charge in [-0.05, 0) is 26.3 Å². The molecule has 0 aliphatic carbocycles. The highest BCUT2D eigenvalue weighted by Gasteiger charge is 2.38. The van der Waals surface area contributed by atoms with Crippen LogP contribution in [0.3, 0.4) is 0 Å². The first kappa shape index (κ1) is 11.8. The fourth-order valence-corrected chi connectivity index (χ4v) is 1.94. The number of pyridine rings is 1. The molecule has 0 aromatic carbocycles. The first-order valence-electron chi connectivity index (χ1n) is 5.51. The van der Waals surface area contributed by atoms with Crippen LogP contribution in [0.1, 0.15) is 20.3 Å². The molecule has 2 atom stereocenters. The van der Waals surface area contributed by atoms with E-state index in [-0.39, 0.29) is 17.3 Å². The first-order chi connectivity index (χ1) is 8.03. The van der Waals surface area contributed by atoms with Crippen molar-refractivity contribution in [2.24, 2.45) is 0 Å². The normalized spacial score (nSPS) is 28.0. The monoisotopic (exact) mass is 237 g/mol. The summed E-state index contributed by atoms with van der Waals surface area (Å²) in [6.45, 7) is 4.64. The van der Waals surface area contributed by atoms with Crippen LogP contribution in [0.25, 0.3) is 0 Å². The van der Waals surface area contributed by atoms with Gasteiger partial charge in [-0.1, -0.05) is 0 Å². The van der Waals surface area contributed by atoms with Gasteiger partial charge in [-0.3, -0.25) is 15.1 Å². The number of hydrogen-bond donors (Lipinski definition) is 1. The molecule has 2 rings (SSSR count). The Kier molecular flexibility index (Phi) is 2.97. The van der Waals surface area contributed by atoms with E-state index >= 15 is 0 Å². The summed E-state index contributed by atoms with van der Waals surface area (Å²) in [5.41, 5.74) is 0.212. The smallest absolute Gasteiger partial charge is 0.310 e. The molecule has 1 saturated heterocycles. The molecule has 1 aliphatic rings.